The molecule has 0 bridgehead atoms. The molecule has 2 N–H and O–H groups in total. The fourth-order valence-corrected chi connectivity index (χ4v) is 7.78. The van der Waals surface area contributed by atoms with Crippen LogP contribution in [-0.2, 0) is 14.8 Å². The highest BCUT2D eigenvalue weighted by atomic mass is 32.2. The van der Waals surface area contributed by atoms with Crippen LogP contribution in [0.25, 0.3) is 11.0 Å². The first-order chi connectivity index (χ1) is 21.3. The molecule has 4 aromatic carbocycles. The van der Waals surface area contributed by atoms with Crippen molar-refractivity contribution in [3.05, 3.63) is 114 Å². The first-order valence-electron chi connectivity index (χ1n) is 14.3. The van der Waals surface area contributed by atoms with E-state index in [1.165, 1.54) is 3.97 Å². The zero-order valence-electron chi connectivity index (χ0n) is 24.1. The van der Waals surface area contributed by atoms with Crippen LogP contribution in [0.1, 0.15) is 15.9 Å². The van der Waals surface area contributed by atoms with Gasteiger partial charge in [0.05, 0.1) is 5.75 Å². The Balaban J connectivity index is 1.07. The zero-order valence-corrected chi connectivity index (χ0v) is 25.8. The maximum absolute atomic E-state index is 13.6. The monoisotopic (exact) mass is 626 g/mol. The number of piperazine rings is 1. The number of amides is 2. The van der Waals surface area contributed by atoms with Gasteiger partial charge < -0.3 is 15.1 Å². The molecule has 0 spiro atoms. The summed E-state index contributed by atoms with van der Waals surface area (Å²) in [7, 11) is -3.89. The summed E-state index contributed by atoms with van der Waals surface area (Å²) in [5.41, 5.74) is 4.67. The molecule has 9 nitrogen and oxygen atoms in total. The SMILES string of the molecule is Cc1ccc(C(=O)N2CCN(c3ccc(NC(=O)CSc4[nH]c5ccccc5[n+]4S(=O)(=O)c4ccccc4)cc3)CC2)cc1. The minimum atomic E-state index is -3.89. The van der Waals surface area contributed by atoms with Gasteiger partial charge in [0.15, 0.2) is 11.0 Å². The average Bonchev–Trinajstić information content (AvgIpc) is 3.44. The number of nitrogens with zero attached hydrogens (tertiary/aromatic N) is 3. The number of benzene rings is 4. The van der Waals surface area contributed by atoms with Crippen LogP contribution in [0, 0.1) is 6.92 Å². The summed E-state index contributed by atoms with van der Waals surface area (Å²) < 4.78 is 28.4. The smallest absolute Gasteiger partial charge is 0.336 e. The number of anilines is 2. The van der Waals surface area contributed by atoms with E-state index >= 15 is 0 Å². The normalized spacial score (nSPS) is 13.7. The molecular weight excluding hydrogens is 595 g/mol. The highest BCUT2D eigenvalue weighted by Gasteiger charge is 2.32. The maximum atomic E-state index is 13.6. The lowest BCUT2D eigenvalue weighted by Crippen LogP contribution is -2.48. The molecule has 0 atom stereocenters. The van der Waals surface area contributed by atoms with E-state index in [1.54, 1.807) is 48.5 Å². The van der Waals surface area contributed by atoms with Crippen LogP contribution in [-0.4, -0.2) is 62.0 Å². The molecule has 0 saturated carbocycles. The van der Waals surface area contributed by atoms with E-state index in [0.717, 1.165) is 36.1 Å². The van der Waals surface area contributed by atoms with Crippen LogP contribution in [0.4, 0.5) is 11.4 Å². The van der Waals surface area contributed by atoms with Gasteiger partial charge in [0.2, 0.25) is 5.91 Å². The summed E-state index contributed by atoms with van der Waals surface area (Å²) in [6.45, 7) is 4.71. The molecular formula is C33H32N5O4S2+. The van der Waals surface area contributed by atoms with E-state index in [9.17, 15) is 18.0 Å². The fraction of sp³-hybridized carbons (Fsp3) is 0.182. The van der Waals surface area contributed by atoms with E-state index in [2.05, 4.69) is 15.2 Å². The Labute approximate surface area is 260 Å². The predicted octanol–water partition coefficient (Wildman–Crippen LogP) is 4.69. The van der Waals surface area contributed by atoms with Gasteiger partial charge in [-0.1, -0.05) is 48.0 Å². The van der Waals surface area contributed by atoms with Crippen molar-refractivity contribution >= 4 is 56.0 Å². The van der Waals surface area contributed by atoms with E-state index in [0.29, 0.717) is 40.5 Å². The van der Waals surface area contributed by atoms with Gasteiger partial charge in [0.1, 0.15) is 4.90 Å². The van der Waals surface area contributed by atoms with Crippen LogP contribution < -0.4 is 14.2 Å². The number of hydrogen-bond acceptors (Lipinski definition) is 6. The molecule has 1 aromatic heterocycles. The molecule has 44 heavy (non-hydrogen) atoms. The van der Waals surface area contributed by atoms with Crippen molar-refractivity contribution in [2.75, 3.05) is 42.1 Å². The summed E-state index contributed by atoms with van der Waals surface area (Å²) >= 11 is 1.12. The largest absolute Gasteiger partial charge is 0.368 e. The fourth-order valence-electron chi connectivity index (χ4n) is 5.20. The number of para-hydroxylation sites is 2. The van der Waals surface area contributed by atoms with E-state index in [1.807, 2.05) is 66.4 Å². The maximum Gasteiger partial charge on any atom is 0.336 e. The van der Waals surface area contributed by atoms with E-state index in [4.69, 9.17) is 0 Å². The molecule has 0 unspecified atom stereocenters. The van der Waals surface area contributed by atoms with Crippen molar-refractivity contribution in [2.24, 2.45) is 0 Å². The minimum Gasteiger partial charge on any atom is -0.368 e. The van der Waals surface area contributed by atoms with Crippen LogP contribution in [0.2, 0.25) is 0 Å². The van der Waals surface area contributed by atoms with Crippen molar-refractivity contribution in [2.45, 2.75) is 17.0 Å². The molecule has 1 aliphatic heterocycles. The average molecular weight is 627 g/mol. The van der Waals surface area contributed by atoms with Gasteiger partial charge in [-0.25, -0.2) is 4.98 Å². The molecule has 224 valence electrons. The van der Waals surface area contributed by atoms with Crippen LogP contribution in [0.15, 0.2) is 113 Å². The Hall–Kier alpha value is -4.61. The Kier molecular flexibility index (Phi) is 8.40. The Morgan fingerprint density at radius 3 is 2.20 bits per heavy atom. The number of thioether (sulfide) groups is 1. The molecule has 2 heterocycles. The van der Waals surface area contributed by atoms with E-state index in [-0.39, 0.29) is 22.5 Å². The number of aryl methyl sites for hydroxylation is 1. The number of aromatic amines is 1. The highest BCUT2D eigenvalue weighted by Crippen LogP contribution is 2.23. The van der Waals surface area contributed by atoms with Gasteiger partial charge in [-0.05, 0) is 79.3 Å². The first kappa shape index (κ1) is 29.5. The lowest BCUT2D eigenvalue weighted by Gasteiger charge is -2.36. The Bertz CT molecular complexity index is 1900. The molecule has 2 amide bonds. The summed E-state index contributed by atoms with van der Waals surface area (Å²) in [6, 6.07) is 30.7. The third-order valence-electron chi connectivity index (χ3n) is 7.55. The summed E-state index contributed by atoms with van der Waals surface area (Å²) in [4.78, 5) is 33.2. The van der Waals surface area contributed by atoms with Crippen molar-refractivity contribution in [1.29, 1.82) is 0 Å². The third-order valence-corrected chi connectivity index (χ3v) is 10.4. The van der Waals surface area contributed by atoms with Crippen molar-refractivity contribution < 1.29 is 22.0 Å². The number of nitrogens with one attached hydrogen (secondary N) is 2. The van der Waals surface area contributed by atoms with Gasteiger partial charge in [-0.2, -0.15) is 8.42 Å². The molecule has 0 radical (unpaired) electrons. The standard InChI is InChI=1S/C33H31N5O4S2/c1-24-11-13-25(14-12-24)32(40)37-21-19-36(20-22-37)27-17-15-26(16-18-27)34-31(39)23-43-33-35-29-9-5-6-10-30(29)38(33)44(41,42)28-7-3-2-4-8-28/h2-18H,19-23H2,1H3,(H,34,39)/p+1. The van der Waals surface area contributed by atoms with Crippen LogP contribution >= 0.6 is 11.8 Å². The Morgan fingerprint density at radius 1 is 0.841 bits per heavy atom. The molecule has 11 heteroatoms. The van der Waals surface area contributed by atoms with Gasteiger partial charge in [-0.3, -0.25) is 9.59 Å². The number of hydrogen-bond donors (Lipinski definition) is 2. The topological polar surface area (TPSA) is 106 Å². The summed E-state index contributed by atoms with van der Waals surface area (Å²) in [5, 5.41) is 3.25. The lowest BCUT2D eigenvalue weighted by molar-refractivity contribution is -0.526. The number of H-pyrrole nitrogens is 1. The molecule has 1 saturated heterocycles. The number of fused-ring (bicyclic) bond motifs is 1. The summed E-state index contributed by atoms with van der Waals surface area (Å²) in [5.74, 6) is -0.194. The molecule has 5 aromatic rings. The number of aromatic nitrogens is 2. The lowest BCUT2D eigenvalue weighted by atomic mass is 10.1. The quantitative estimate of drug-likeness (QED) is 0.191. The molecule has 0 aliphatic carbocycles. The van der Waals surface area contributed by atoms with Crippen LogP contribution in [0.3, 0.4) is 0 Å². The number of imidazole rings is 1. The molecule has 1 fully saturated rings. The van der Waals surface area contributed by atoms with Gasteiger partial charge in [0.25, 0.3) is 5.91 Å². The molecule has 6 rings (SSSR count). The van der Waals surface area contributed by atoms with Crippen LogP contribution in [0.5, 0.6) is 0 Å². The Morgan fingerprint density at radius 2 is 1.50 bits per heavy atom. The number of rotatable bonds is 8. The molecule has 1 aliphatic rings. The van der Waals surface area contributed by atoms with Crippen molar-refractivity contribution in [3.8, 4) is 0 Å². The number of carbonyl (C=O) groups excluding carboxylic acids is 2. The van der Waals surface area contributed by atoms with Gasteiger partial charge >= 0.3 is 15.2 Å². The second-order valence-electron chi connectivity index (χ2n) is 10.6. The highest BCUT2D eigenvalue weighted by molar-refractivity contribution is 8.00. The second-order valence-corrected chi connectivity index (χ2v) is 13.3. The predicted molar refractivity (Wildman–Crippen MR) is 173 cm³/mol. The van der Waals surface area contributed by atoms with Gasteiger partial charge in [-0.15, -0.1) is 3.97 Å². The third kappa shape index (κ3) is 6.20. The summed E-state index contributed by atoms with van der Waals surface area (Å²) in [6.07, 6.45) is 0. The first-order valence-corrected chi connectivity index (χ1v) is 16.7. The number of carbonyl (C=O) groups is 2. The minimum absolute atomic E-state index is 0.00978. The van der Waals surface area contributed by atoms with Gasteiger partial charge in [0, 0.05) is 43.1 Å². The second kappa shape index (κ2) is 12.6. The van der Waals surface area contributed by atoms with Crippen molar-refractivity contribution in [1.82, 2.24) is 9.88 Å². The van der Waals surface area contributed by atoms with Crippen molar-refractivity contribution in [3.63, 3.8) is 0 Å². The zero-order chi connectivity index (χ0) is 30.7. The van der Waals surface area contributed by atoms with E-state index < -0.39 is 10.0 Å².